The van der Waals surface area contributed by atoms with Crippen molar-refractivity contribution in [3.63, 3.8) is 0 Å². The van der Waals surface area contributed by atoms with E-state index in [0.29, 0.717) is 15.8 Å². The van der Waals surface area contributed by atoms with Gasteiger partial charge in [-0.2, -0.15) is 0 Å². The number of aliphatic hydroxyl groups excluding tert-OH is 2. The molecule has 6 nitrogen and oxygen atoms in total. The molecule has 0 aliphatic carbocycles. The fourth-order valence-electron chi connectivity index (χ4n) is 1.66. The van der Waals surface area contributed by atoms with E-state index in [9.17, 15) is 15.2 Å². The second-order valence-corrected chi connectivity index (χ2v) is 4.95. The predicted molar refractivity (Wildman–Crippen MR) is 72.2 cm³/mol. The molecule has 100 valence electrons. The lowest BCUT2D eigenvalue weighted by Crippen LogP contribution is -2.14. The molecule has 0 aliphatic rings. The van der Waals surface area contributed by atoms with Crippen LogP contribution >= 0.6 is 11.8 Å². The summed E-state index contributed by atoms with van der Waals surface area (Å²) in [6.45, 7) is -0.365. The molecule has 19 heavy (non-hydrogen) atoms. The van der Waals surface area contributed by atoms with Gasteiger partial charge in [-0.1, -0.05) is 0 Å². The first-order valence-corrected chi connectivity index (χ1v) is 6.56. The van der Waals surface area contributed by atoms with Crippen molar-refractivity contribution in [1.29, 1.82) is 0 Å². The van der Waals surface area contributed by atoms with E-state index in [1.165, 1.54) is 0 Å². The second kappa shape index (κ2) is 5.96. The summed E-state index contributed by atoms with van der Waals surface area (Å²) in [4.78, 5) is 15.3. The second-order valence-electron chi connectivity index (χ2n) is 3.89. The average molecular weight is 280 g/mol. The van der Waals surface area contributed by atoms with Crippen LogP contribution in [0.15, 0.2) is 35.4 Å². The number of hydrogen-bond acceptors (Lipinski definition) is 6. The Balaban J connectivity index is 2.43. The van der Waals surface area contributed by atoms with Gasteiger partial charge in [0.15, 0.2) is 0 Å². The number of fused-ring (bicyclic) bond motifs is 1. The van der Waals surface area contributed by atoms with Gasteiger partial charge in [0.1, 0.15) is 0 Å². The third kappa shape index (κ3) is 3.01. The molecule has 0 amide bonds. The largest absolute Gasteiger partial charge is 0.394 e. The molecule has 0 bridgehead atoms. The van der Waals surface area contributed by atoms with Crippen molar-refractivity contribution in [3.8, 4) is 0 Å². The zero-order chi connectivity index (χ0) is 13.8. The number of aliphatic hydroxyl groups is 2. The first-order valence-electron chi connectivity index (χ1n) is 5.57. The summed E-state index contributed by atoms with van der Waals surface area (Å²) in [6.07, 6.45) is 0.684. The molecule has 2 N–H and O–H groups in total. The Morgan fingerprint density at radius 1 is 1.42 bits per heavy atom. The van der Waals surface area contributed by atoms with Gasteiger partial charge in [-0.05, 0) is 24.3 Å². The number of benzene rings is 1. The molecule has 0 spiro atoms. The number of rotatable bonds is 5. The predicted octanol–water partition coefficient (Wildman–Crippen LogP) is 1.59. The van der Waals surface area contributed by atoms with Gasteiger partial charge in [0.25, 0.3) is 5.69 Å². The van der Waals surface area contributed by atoms with Crippen LogP contribution in [0.2, 0.25) is 0 Å². The Labute approximate surface area is 113 Å². The van der Waals surface area contributed by atoms with Crippen LogP contribution in [0.25, 0.3) is 10.9 Å². The quantitative estimate of drug-likeness (QED) is 0.490. The number of nitro benzene ring substituents is 1. The Morgan fingerprint density at radius 3 is 2.89 bits per heavy atom. The highest BCUT2D eigenvalue weighted by atomic mass is 32.2. The van der Waals surface area contributed by atoms with E-state index in [1.807, 2.05) is 0 Å². The molecular weight excluding hydrogens is 268 g/mol. The standard InChI is InChI=1S/C12H12N2O4S/c15-6-8(16)7-19-11-4-3-10-9(2-1-5-13-10)12(11)14(17)18/h1-5,8,15-16H,6-7H2. The molecule has 1 unspecified atom stereocenters. The number of hydrogen-bond donors (Lipinski definition) is 2. The SMILES string of the molecule is O=[N+]([O-])c1c(SCC(O)CO)ccc2ncccc12. The molecule has 7 heteroatoms. The van der Waals surface area contributed by atoms with Crippen LogP contribution in [-0.4, -0.2) is 38.6 Å². The van der Waals surface area contributed by atoms with Crippen LogP contribution in [0.4, 0.5) is 5.69 Å². The summed E-state index contributed by atoms with van der Waals surface area (Å²) in [7, 11) is 0. The summed E-state index contributed by atoms with van der Waals surface area (Å²) in [5.74, 6) is 0.198. The van der Waals surface area contributed by atoms with Gasteiger partial charge in [-0.15, -0.1) is 11.8 Å². The fourth-order valence-corrected chi connectivity index (χ4v) is 2.62. The topological polar surface area (TPSA) is 96.5 Å². The summed E-state index contributed by atoms with van der Waals surface area (Å²) in [5, 5.41) is 29.7. The Morgan fingerprint density at radius 2 is 2.21 bits per heavy atom. The summed E-state index contributed by atoms with van der Waals surface area (Å²) in [5.41, 5.74) is 0.544. The van der Waals surface area contributed by atoms with Gasteiger partial charge < -0.3 is 10.2 Å². The van der Waals surface area contributed by atoms with Gasteiger partial charge in [-0.3, -0.25) is 15.1 Å². The van der Waals surface area contributed by atoms with Crippen LogP contribution in [0.1, 0.15) is 0 Å². The van der Waals surface area contributed by atoms with Gasteiger partial charge in [0.05, 0.1) is 33.4 Å². The zero-order valence-corrected chi connectivity index (χ0v) is 10.7. The lowest BCUT2D eigenvalue weighted by Gasteiger charge is -2.08. The fraction of sp³-hybridized carbons (Fsp3) is 0.250. The highest BCUT2D eigenvalue weighted by Gasteiger charge is 2.19. The number of nitro groups is 1. The molecule has 2 aromatic rings. The van der Waals surface area contributed by atoms with Crippen molar-refractivity contribution in [2.75, 3.05) is 12.4 Å². The molecule has 0 aliphatic heterocycles. The number of pyridine rings is 1. The molecular formula is C12H12N2O4S. The van der Waals surface area contributed by atoms with Gasteiger partial charge in [-0.25, -0.2) is 0 Å². The smallest absolute Gasteiger partial charge is 0.292 e. The van der Waals surface area contributed by atoms with Crippen molar-refractivity contribution in [1.82, 2.24) is 4.98 Å². The molecule has 2 rings (SSSR count). The highest BCUT2D eigenvalue weighted by Crippen LogP contribution is 2.35. The van der Waals surface area contributed by atoms with Crippen molar-refractivity contribution in [2.24, 2.45) is 0 Å². The molecule has 1 heterocycles. The first-order chi connectivity index (χ1) is 9.13. The Bertz CT molecular complexity index is 605. The molecule has 1 aromatic heterocycles. The molecule has 1 atom stereocenters. The van der Waals surface area contributed by atoms with Crippen LogP contribution in [0.5, 0.6) is 0 Å². The van der Waals surface area contributed by atoms with E-state index < -0.39 is 11.0 Å². The van der Waals surface area contributed by atoms with Crippen LogP contribution in [0.3, 0.4) is 0 Å². The van der Waals surface area contributed by atoms with E-state index in [4.69, 9.17) is 5.11 Å². The minimum absolute atomic E-state index is 0.0132. The molecule has 0 radical (unpaired) electrons. The summed E-state index contributed by atoms with van der Waals surface area (Å²) in [6, 6.07) is 6.61. The van der Waals surface area contributed by atoms with E-state index in [-0.39, 0.29) is 18.0 Å². The van der Waals surface area contributed by atoms with E-state index >= 15 is 0 Å². The first kappa shape index (κ1) is 13.7. The monoisotopic (exact) mass is 280 g/mol. The minimum Gasteiger partial charge on any atom is -0.394 e. The maximum absolute atomic E-state index is 11.2. The van der Waals surface area contributed by atoms with Gasteiger partial charge in [0.2, 0.25) is 0 Å². The van der Waals surface area contributed by atoms with Crippen LogP contribution in [-0.2, 0) is 0 Å². The van der Waals surface area contributed by atoms with Crippen molar-refractivity contribution in [2.45, 2.75) is 11.0 Å². The molecule has 0 saturated heterocycles. The summed E-state index contributed by atoms with van der Waals surface area (Å²) >= 11 is 1.14. The third-order valence-corrected chi connectivity index (χ3v) is 3.74. The van der Waals surface area contributed by atoms with E-state index in [2.05, 4.69) is 4.98 Å². The average Bonchev–Trinajstić information content (AvgIpc) is 2.43. The van der Waals surface area contributed by atoms with Crippen molar-refractivity contribution < 1.29 is 15.1 Å². The van der Waals surface area contributed by atoms with Crippen molar-refractivity contribution >= 4 is 28.4 Å². The van der Waals surface area contributed by atoms with E-state index in [1.54, 1.807) is 30.5 Å². The van der Waals surface area contributed by atoms with Crippen molar-refractivity contribution in [3.05, 3.63) is 40.6 Å². The normalized spacial score (nSPS) is 12.5. The molecule has 0 fully saturated rings. The van der Waals surface area contributed by atoms with Crippen LogP contribution in [0, 0.1) is 10.1 Å². The van der Waals surface area contributed by atoms with E-state index in [0.717, 1.165) is 11.8 Å². The third-order valence-electron chi connectivity index (χ3n) is 2.54. The molecule has 0 saturated carbocycles. The maximum atomic E-state index is 11.2. The van der Waals surface area contributed by atoms with Gasteiger partial charge in [0, 0.05) is 11.9 Å². The van der Waals surface area contributed by atoms with Gasteiger partial charge >= 0.3 is 0 Å². The summed E-state index contributed by atoms with van der Waals surface area (Å²) < 4.78 is 0. The zero-order valence-electron chi connectivity index (χ0n) is 9.89. The number of nitrogens with zero attached hydrogens (tertiary/aromatic N) is 2. The number of thioether (sulfide) groups is 1. The lowest BCUT2D eigenvalue weighted by atomic mass is 10.2. The maximum Gasteiger partial charge on any atom is 0.292 e. The number of aromatic nitrogens is 1. The lowest BCUT2D eigenvalue weighted by molar-refractivity contribution is -0.385. The Kier molecular flexibility index (Phi) is 4.31. The minimum atomic E-state index is -0.894. The highest BCUT2D eigenvalue weighted by molar-refractivity contribution is 7.99. The molecule has 1 aromatic carbocycles. The Hall–Kier alpha value is -1.70. The van der Waals surface area contributed by atoms with Crippen LogP contribution < -0.4 is 0 Å².